The van der Waals surface area contributed by atoms with E-state index in [-0.39, 0.29) is 31.7 Å². The number of methoxy groups -OCH3 is 3. The topological polar surface area (TPSA) is 152 Å². The van der Waals surface area contributed by atoms with Gasteiger partial charge in [-0.3, -0.25) is 4.79 Å². The highest BCUT2D eigenvalue weighted by Crippen LogP contribution is 2.62. The van der Waals surface area contributed by atoms with E-state index in [1.54, 1.807) is 32.5 Å². The molecule has 0 amide bonds. The van der Waals surface area contributed by atoms with Crippen molar-refractivity contribution in [3.63, 3.8) is 0 Å². The molecule has 1 aromatic heterocycles. The van der Waals surface area contributed by atoms with Crippen molar-refractivity contribution in [2.24, 2.45) is 41.2 Å². The average Bonchev–Trinajstić information content (AvgIpc) is 3.54. The predicted octanol–water partition coefficient (Wildman–Crippen LogP) is 1.48. The van der Waals surface area contributed by atoms with Gasteiger partial charge in [0.05, 0.1) is 37.9 Å². The molecule has 12 unspecified atom stereocenters. The Kier molecular flexibility index (Phi) is 8.75. The number of esters is 2. The smallest absolute Gasteiger partial charge is 0.355 e. The molecule has 0 radical (unpaired) electrons. The number of nitrogens with two attached hydrogens (primary N) is 1. The van der Waals surface area contributed by atoms with Crippen LogP contribution in [0.15, 0.2) is 42.1 Å². The highest BCUT2D eigenvalue weighted by molar-refractivity contribution is 5.87. The molecule has 11 nitrogen and oxygen atoms in total. The fraction of sp³-hybridized carbons (Fsp3) is 0.667. The molecule has 11 heteroatoms. The molecule has 2 aliphatic carbocycles. The fourth-order valence-corrected chi connectivity index (χ4v) is 7.71. The quantitative estimate of drug-likeness (QED) is 0.292. The van der Waals surface area contributed by atoms with E-state index in [1.807, 2.05) is 32.1 Å². The van der Waals surface area contributed by atoms with Crippen LogP contribution in [0.3, 0.4) is 0 Å². The molecule has 4 aliphatic rings. The lowest BCUT2D eigenvalue weighted by molar-refractivity contribution is -0.167. The number of carbonyl (C=O) groups is 2. The minimum atomic E-state index is -1.08. The number of aliphatic hydroxyl groups is 1. The lowest BCUT2D eigenvalue weighted by Gasteiger charge is -2.49. The van der Waals surface area contributed by atoms with Crippen LogP contribution in [0.1, 0.15) is 24.3 Å². The van der Waals surface area contributed by atoms with Gasteiger partial charge in [0.2, 0.25) is 0 Å². The minimum Gasteiger partial charge on any atom is -0.460 e. The summed E-state index contributed by atoms with van der Waals surface area (Å²) in [5.41, 5.74) is 6.50. The second-order valence-electron chi connectivity index (χ2n) is 11.7. The Hall–Kier alpha value is -2.54. The van der Waals surface area contributed by atoms with Gasteiger partial charge in [0, 0.05) is 57.1 Å². The molecule has 2 fully saturated rings. The number of aliphatic hydroxyl groups excluding tert-OH is 1. The largest absolute Gasteiger partial charge is 0.460 e. The van der Waals surface area contributed by atoms with Gasteiger partial charge in [-0.15, -0.1) is 0 Å². The van der Waals surface area contributed by atoms with E-state index in [2.05, 4.69) is 4.98 Å². The summed E-state index contributed by atoms with van der Waals surface area (Å²) >= 11 is 0. The summed E-state index contributed by atoms with van der Waals surface area (Å²) in [5, 5.41) is 12.0. The summed E-state index contributed by atoms with van der Waals surface area (Å²) in [6.07, 6.45) is 4.68. The number of rotatable bonds is 9. The Bertz CT molecular complexity index is 1150. The molecule has 3 heterocycles. The summed E-state index contributed by atoms with van der Waals surface area (Å²) in [6.45, 7) is 4.37. The monoisotopic (exact) mass is 574 g/mol. The second-order valence-corrected chi connectivity index (χ2v) is 11.7. The second kappa shape index (κ2) is 12.0. The van der Waals surface area contributed by atoms with Crippen molar-refractivity contribution in [1.82, 2.24) is 4.98 Å². The van der Waals surface area contributed by atoms with E-state index in [9.17, 15) is 14.7 Å². The first-order valence-electron chi connectivity index (χ1n) is 14.2. The molecule has 226 valence electrons. The number of aromatic amines is 1. The third-order valence-corrected chi connectivity index (χ3v) is 9.39. The first-order valence-corrected chi connectivity index (χ1v) is 14.2. The zero-order chi connectivity index (χ0) is 29.5. The molecule has 1 saturated carbocycles. The van der Waals surface area contributed by atoms with Crippen LogP contribution in [0.4, 0.5) is 0 Å². The number of aromatic nitrogens is 1. The van der Waals surface area contributed by atoms with Crippen LogP contribution in [-0.2, 0) is 33.2 Å². The van der Waals surface area contributed by atoms with Gasteiger partial charge in [-0.25, -0.2) is 4.79 Å². The molecule has 12 atom stereocenters. The first kappa shape index (κ1) is 29.9. The Morgan fingerprint density at radius 3 is 2.61 bits per heavy atom. The first-order chi connectivity index (χ1) is 19.7. The van der Waals surface area contributed by atoms with E-state index in [1.165, 1.54) is 7.11 Å². The van der Waals surface area contributed by atoms with Gasteiger partial charge in [0.25, 0.3) is 0 Å². The van der Waals surface area contributed by atoms with E-state index < -0.39 is 71.7 Å². The number of H-pyrrole nitrogens is 1. The van der Waals surface area contributed by atoms with Gasteiger partial charge in [-0.2, -0.15) is 0 Å². The zero-order valence-electron chi connectivity index (χ0n) is 24.2. The Morgan fingerprint density at radius 2 is 1.95 bits per heavy atom. The van der Waals surface area contributed by atoms with Crippen molar-refractivity contribution in [1.29, 1.82) is 0 Å². The molecule has 41 heavy (non-hydrogen) atoms. The highest BCUT2D eigenvalue weighted by Gasteiger charge is 2.71. The van der Waals surface area contributed by atoms with E-state index in [0.29, 0.717) is 5.69 Å². The predicted molar refractivity (Wildman–Crippen MR) is 147 cm³/mol. The van der Waals surface area contributed by atoms with Crippen molar-refractivity contribution in [3.8, 4) is 0 Å². The van der Waals surface area contributed by atoms with E-state index in [0.717, 1.165) is 5.57 Å². The minimum absolute atomic E-state index is 0.0811. The number of hydrogen-bond acceptors (Lipinski definition) is 10. The standard InChI is InChI=1S/C30H42N2O9/c1-15-11-16(2)30-20(18(12-36-3)28(34)39-25(15)21(31)14-38-5)9-8-17-23(30)24(33)19(13-37-4)26(27(17)41-30)40-29(35)22-7-6-10-32-22/h6-11,15,17-21,23-27,32-33H,12-14,31H2,1-5H3. The van der Waals surface area contributed by atoms with Gasteiger partial charge >= 0.3 is 11.9 Å². The van der Waals surface area contributed by atoms with Crippen LogP contribution in [0.5, 0.6) is 0 Å². The lowest BCUT2D eigenvalue weighted by atomic mass is 9.56. The molecule has 0 aromatic carbocycles. The number of cyclic esters (lactones) is 1. The summed E-state index contributed by atoms with van der Waals surface area (Å²) in [5.74, 6) is -3.76. The van der Waals surface area contributed by atoms with Crippen molar-refractivity contribution < 1.29 is 43.1 Å². The molecule has 4 N–H and O–H groups in total. The van der Waals surface area contributed by atoms with Gasteiger partial charge in [-0.05, 0) is 24.6 Å². The third-order valence-electron chi connectivity index (χ3n) is 9.39. The van der Waals surface area contributed by atoms with Crippen molar-refractivity contribution in [2.45, 2.75) is 49.9 Å². The lowest BCUT2D eigenvalue weighted by Crippen LogP contribution is -2.59. The summed E-state index contributed by atoms with van der Waals surface area (Å²) in [4.78, 5) is 29.8. The maximum atomic E-state index is 13.8. The van der Waals surface area contributed by atoms with Crippen molar-refractivity contribution >= 4 is 11.9 Å². The van der Waals surface area contributed by atoms with E-state index in [4.69, 9.17) is 34.2 Å². The van der Waals surface area contributed by atoms with Gasteiger partial charge in [0.15, 0.2) is 0 Å². The zero-order valence-corrected chi connectivity index (χ0v) is 24.2. The molecule has 1 saturated heterocycles. The highest BCUT2D eigenvalue weighted by atomic mass is 16.6. The Labute approximate surface area is 240 Å². The molecule has 2 aliphatic heterocycles. The summed E-state index contributed by atoms with van der Waals surface area (Å²) < 4.78 is 35.5. The molecule has 1 aromatic rings. The number of carbonyl (C=O) groups excluding carboxylic acids is 2. The maximum absolute atomic E-state index is 13.8. The normalized spacial score (nSPS) is 40.5. The van der Waals surface area contributed by atoms with Crippen LogP contribution in [0.2, 0.25) is 0 Å². The Balaban J connectivity index is 1.61. The van der Waals surface area contributed by atoms with Gasteiger partial charge in [0.1, 0.15) is 29.6 Å². The number of nitrogens with one attached hydrogen (secondary N) is 1. The molecule has 5 rings (SSSR count). The third kappa shape index (κ3) is 4.96. The van der Waals surface area contributed by atoms with Crippen molar-refractivity contribution in [2.75, 3.05) is 41.2 Å². The molecular weight excluding hydrogens is 532 g/mol. The van der Waals surface area contributed by atoms with Gasteiger partial charge in [-0.1, -0.05) is 25.2 Å². The molecule has 1 spiro atoms. The SMILES string of the molecule is COCC(N)C1OC(=O)C(COC)C2C=CC3C4OC2(C(C)=CC1C)C3C(O)C(COC)C4OC(=O)c1ccc[nH]1. The van der Waals surface area contributed by atoms with E-state index >= 15 is 0 Å². The summed E-state index contributed by atoms with van der Waals surface area (Å²) in [6, 6.07) is 2.80. The van der Waals surface area contributed by atoms with Gasteiger partial charge < -0.3 is 44.2 Å². The van der Waals surface area contributed by atoms with Crippen LogP contribution in [0, 0.1) is 35.5 Å². The van der Waals surface area contributed by atoms with Crippen molar-refractivity contribution in [3.05, 3.63) is 47.8 Å². The maximum Gasteiger partial charge on any atom is 0.355 e. The van der Waals surface area contributed by atoms with Crippen LogP contribution in [-0.4, -0.2) is 99.2 Å². The average molecular weight is 575 g/mol. The van der Waals surface area contributed by atoms with Crippen LogP contribution >= 0.6 is 0 Å². The fourth-order valence-electron chi connectivity index (χ4n) is 7.71. The molecule has 4 bridgehead atoms. The Morgan fingerprint density at radius 1 is 1.20 bits per heavy atom. The number of hydrogen-bond donors (Lipinski definition) is 3. The van der Waals surface area contributed by atoms with Crippen LogP contribution < -0.4 is 5.73 Å². The van der Waals surface area contributed by atoms with Crippen LogP contribution in [0.25, 0.3) is 0 Å². The number of ether oxygens (including phenoxy) is 6. The molecular formula is C30H42N2O9. The summed E-state index contributed by atoms with van der Waals surface area (Å²) in [7, 11) is 4.64.